The van der Waals surface area contributed by atoms with Crippen molar-refractivity contribution in [2.75, 3.05) is 20.8 Å². The van der Waals surface area contributed by atoms with Crippen LogP contribution in [0.1, 0.15) is 37.3 Å². The maximum Gasteiger partial charge on any atom is 0.410 e. The van der Waals surface area contributed by atoms with Crippen molar-refractivity contribution in [3.63, 3.8) is 0 Å². The summed E-state index contributed by atoms with van der Waals surface area (Å²) in [7, 11) is 3.21. The molecular formula is C24H32N2O6. The van der Waals surface area contributed by atoms with Gasteiger partial charge in [0, 0.05) is 13.1 Å². The first kappa shape index (κ1) is 24.8. The zero-order valence-electron chi connectivity index (χ0n) is 18.9. The highest BCUT2D eigenvalue weighted by atomic mass is 16.6. The molecule has 2 amide bonds. The third-order valence-corrected chi connectivity index (χ3v) is 4.88. The molecule has 0 radical (unpaired) electrons. The van der Waals surface area contributed by atoms with Crippen LogP contribution in [0.15, 0.2) is 48.5 Å². The lowest BCUT2D eigenvalue weighted by Gasteiger charge is -2.24. The number of amides is 2. The van der Waals surface area contributed by atoms with Gasteiger partial charge in [0.15, 0.2) is 0 Å². The molecular weight excluding hydrogens is 412 g/mol. The summed E-state index contributed by atoms with van der Waals surface area (Å²) < 4.78 is 21.0. The van der Waals surface area contributed by atoms with E-state index in [-0.39, 0.29) is 6.61 Å². The predicted molar refractivity (Wildman–Crippen MR) is 121 cm³/mol. The summed E-state index contributed by atoms with van der Waals surface area (Å²) >= 11 is 0. The van der Waals surface area contributed by atoms with Crippen LogP contribution in [0.5, 0.6) is 11.5 Å². The fraction of sp³-hybridized carbons (Fsp3) is 0.417. The number of benzene rings is 2. The van der Waals surface area contributed by atoms with Crippen molar-refractivity contribution in [3.05, 3.63) is 59.7 Å². The van der Waals surface area contributed by atoms with E-state index in [2.05, 4.69) is 0 Å². The van der Waals surface area contributed by atoms with Crippen molar-refractivity contribution in [2.24, 2.45) is 5.73 Å². The highest BCUT2D eigenvalue weighted by Gasteiger charge is 2.20. The third kappa shape index (κ3) is 8.37. The molecule has 1 unspecified atom stereocenters. The quantitative estimate of drug-likeness (QED) is 0.517. The van der Waals surface area contributed by atoms with Crippen LogP contribution in [0.25, 0.3) is 0 Å². The summed E-state index contributed by atoms with van der Waals surface area (Å²) in [6.07, 6.45) is 0.371. The number of unbranched alkanes of at least 4 members (excludes halogenated alkanes) is 1. The Morgan fingerprint density at radius 3 is 1.81 bits per heavy atom. The first-order chi connectivity index (χ1) is 15.4. The maximum absolute atomic E-state index is 12.9. The van der Waals surface area contributed by atoms with Crippen LogP contribution in [0, 0.1) is 0 Å². The lowest BCUT2D eigenvalue weighted by atomic mass is 10.1. The van der Waals surface area contributed by atoms with Crippen LogP contribution in [-0.2, 0) is 22.6 Å². The Morgan fingerprint density at radius 1 is 0.906 bits per heavy atom. The van der Waals surface area contributed by atoms with Gasteiger partial charge in [0.1, 0.15) is 24.2 Å². The normalized spacial score (nSPS) is 11.3. The lowest BCUT2D eigenvalue weighted by Crippen LogP contribution is -2.34. The summed E-state index contributed by atoms with van der Waals surface area (Å²) in [5.41, 5.74) is 7.00. The number of hydrogen-bond acceptors (Lipinski definition) is 6. The van der Waals surface area contributed by atoms with Crippen molar-refractivity contribution in [1.82, 2.24) is 4.90 Å². The van der Waals surface area contributed by atoms with E-state index in [0.717, 1.165) is 35.5 Å². The summed E-state index contributed by atoms with van der Waals surface area (Å²) in [5.74, 6) is 1.47. The first-order valence-electron chi connectivity index (χ1n) is 10.6. The fourth-order valence-electron chi connectivity index (χ4n) is 3.12. The topological polar surface area (TPSA) is 100 Å². The number of rotatable bonds is 12. The van der Waals surface area contributed by atoms with Crippen molar-refractivity contribution in [3.8, 4) is 11.5 Å². The molecule has 174 valence electrons. The molecule has 0 saturated heterocycles. The van der Waals surface area contributed by atoms with Gasteiger partial charge in [-0.1, -0.05) is 37.6 Å². The molecule has 2 N–H and O–H groups in total. The number of nitrogens with zero attached hydrogens (tertiary/aromatic N) is 1. The van der Waals surface area contributed by atoms with E-state index >= 15 is 0 Å². The average Bonchev–Trinajstić information content (AvgIpc) is 2.80. The van der Waals surface area contributed by atoms with E-state index in [1.165, 1.54) is 0 Å². The third-order valence-electron chi connectivity index (χ3n) is 4.88. The number of ether oxygens (including phenoxy) is 4. The van der Waals surface area contributed by atoms with Crippen LogP contribution < -0.4 is 15.2 Å². The van der Waals surface area contributed by atoms with E-state index in [1.807, 2.05) is 55.5 Å². The maximum atomic E-state index is 12.9. The Hall–Kier alpha value is -3.42. The minimum Gasteiger partial charge on any atom is -0.497 e. The Labute approximate surface area is 189 Å². The van der Waals surface area contributed by atoms with Crippen LogP contribution >= 0.6 is 0 Å². The SMILES string of the molecule is CCCCC(COC(=O)N(Cc1ccc(OC)cc1)Cc1ccc(OC)cc1)OC(N)=O. The second kappa shape index (κ2) is 13.1. The van der Waals surface area contributed by atoms with Crippen LogP contribution in [0.2, 0.25) is 0 Å². The van der Waals surface area contributed by atoms with Gasteiger partial charge < -0.3 is 24.7 Å². The van der Waals surface area contributed by atoms with E-state index in [0.29, 0.717) is 19.5 Å². The largest absolute Gasteiger partial charge is 0.497 e. The van der Waals surface area contributed by atoms with E-state index in [9.17, 15) is 9.59 Å². The summed E-state index contributed by atoms with van der Waals surface area (Å²) in [5, 5.41) is 0. The summed E-state index contributed by atoms with van der Waals surface area (Å²) in [6.45, 7) is 2.65. The van der Waals surface area contributed by atoms with Gasteiger partial charge in [-0.2, -0.15) is 0 Å². The number of primary amides is 1. The van der Waals surface area contributed by atoms with Gasteiger partial charge in [-0.15, -0.1) is 0 Å². The Balaban J connectivity index is 2.11. The average molecular weight is 445 g/mol. The van der Waals surface area contributed by atoms with Crippen molar-refractivity contribution in [2.45, 2.75) is 45.4 Å². The molecule has 32 heavy (non-hydrogen) atoms. The van der Waals surface area contributed by atoms with E-state index < -0.39 is 18.3 Å². The highest BCUT2D eigenvalue weighted by molar-refractivity contribution is 5.68. The molecule has 0 aromatic heterocycles. The molecule has 8 nitrogen and oxygen atoms in total. The zero-order chi connectivity index (χ0) is 23.3. The molecule has 0 fully saturated rings. The molecule has 0 aliphatic rings. The summed E-state index contributed by atoms with van der Waals surface area (Å²) in [4.78, 5) is 25.7. The van der Waals surface area contributed by atoms with Gasteiger partial charge in [-0.25, -0.2) is 9.59 Å². The number of hydrogen-bond donors (Lipinski definition) is 1. The molecule has 0 spiro atoms. The molecule has 8 heteroatoms. The second-order valence-electron chi connectivity index (χ2n) is 7.33. The van der Waals surface area contributed by atoms with Gasteiger partial charge in [-0.05, 0) is 48.2 Å². The number of carbonyl (C=O) groups excluding carboxylic acids is 2. The van der Waals surface area contributed by atoms with Crippen LogP contribution in [-0.4, -0.2) is 44.0 Å². The monoisotopic (exact) mass is 444 g/mol. The Kier molecular flexibility index (Phi) is 10.2. The zero-order valence-corrected chi connectivity index (χ0v) is 18.9. The minimum atomic E-state index is -0.879. The molecule has 0 heterocycles. The number of carbonyl (C=O) groups is 2. The van der Waals surface area contributed by atoms with Crippen molar-refractivity contribution >= 4 is 12.2 Å². The molecule has 0 aliphatic carbocycles. The molecule has 0 aliphatic heterocycles. The Bertz CT molecular complexity index is 789. The molecule has 1 atom stereocenters. The molecule has 0 bridgehead atoms. The van der Waals surface area contributed by atoms with Gasteiger partial charge in [0.05, 0.1) is 14.2 Å². The van der Waals surface area contributed by atoms with Crippen molar-refractivity contribution < 1.29 is 28.5 Å². The first-order valence-corrected chi connectivity index (χ1v) is 10.6. The number of nitrogens with two attached hydrogens (primary N) is 1. The van der Waals surface area contributed by atoms with E-state index in [4.69, 9.17) is 24.7 Å². The molecule has 2 aromatic rings. The second-order valence-corrected chi connectivity index (χ2v) is 7.33. The fourth-order valence-corrected chi connectivity index (χ4v) is 3.12. The van der Waals surface area contributed by atoms with Gasteiger partial charge in [0.25, 0.3) is 0 Å². The van der Waals surface area contributed by atoms with Gasteiger partial charge in [0.2, 0.25) is 0 Å². The molecule has 0 saturated carbocycles. The van der Waals surface area contributed by atoms with E-state index in [1.54, 1.807) is 19.1 Å². The van der Waals surface area contributed by atoms with Gasteiger partial charge in [-0.3, -0.25) is 4.90 Å². The highest BCUT2D eigenvalue weighted by Crippen LogP contribution is 2.18. The lowest BCUT2D eigenvalue weighted by molar-refractivity contribution is 0.0284. The molecule has 2 rings (SSSR count). The Morgan fingerprint density at radius 2 is 1.41 bits per heavy atom. The molecule has 2 aromatic carbocycles. The van der Waals surface area contributed by atoms with Gasteiger partial charge >= 0.3 is 12.2 Å². The van der Waals surface area contributed by atoms with Crippen LogP contribution in [0.4, 0.5) is 9.59 Å². The standard InChI is InChI=1S/C24H32N2O6/c1-4-5-6-22(32-23(25)27)17-31-24(28)26(15-18-7-11-20(29-2)12-8-18)16-19-9-13-21(30-3)14-10-19/h7-14,22H,4-6,15-17H2,1-3H3,(H2,25,27). The smallest absolute Gasteiger partial charge is 0.410 e. The van der Waals surface area contributed by atoms with Crippen LogP contribution in [0.3, 0.4) is 0 Å². The summed E-state index contributed by atoms with van der Waals surface area (Å²) in [6, 6.07) is 14.9. The number of methoxy groups -OCH3 is 2. The minimum absolute atomic E-state index is 0.0521. The van der Waals surface area contributed by atoms with Crippen molar-refractivity contribution in [1.29, 1.82) is 0 Å². The predicted octanol–water partition coefficient (Wildman–Crippen LogP) is 4.50.